The largest absolute Gasteiger partial charge is 0.411 e. The van der Waals surface area contributed by atoms with Crippen LogP contribution in [0.5, 0.6) is 0 Å². The molecule has 0 saturated carbocycles. The second-order valence-electron chi connectivity index (χ2n) is 4.30. The normalized spacial score (nSPS) is 13.1. The Hall–Kier alpha value is -1.88. The molecule has 1 rings (SSSR count). The van der Waals surface area contributed by atoms with Gasteiger partial charge in [-0.1, -0.05) is 40.6 Å². The first-order chi connectivity index (χ1) is 8.65. The maximum Gasteiger partial charge on any atom is 0.0680 e. The lowest BCUT2D eigenvalue weighted by Gasteiger charge is -2.21. The minimum absolute atomic E-state index is 0.526. The maximum atomic E-state index is 8.72. The summed E-state index contributed by atoms with van der Waals surface area (Å²) in [5.41, 5.74) is 2.40. The van der Waals surface area contributed by atoms with Crippen LogP contribution in [0.25, 0.3) is 0 Å². The van der Waals surface area contributed by atoms with Crippen LogP contribution in [0.15, 0.2) is 40.6 Å². The van der Waals surface area contributed by atoms with Crippen LogP contribution in [0, 0.1) is 0 Å². The lowest BCUT2D eigenvalue weighted by molar-refractivity contribution is 0.295. The van der Waals surface area contributed by atoms with Crippen LogP contribution in [-0.2, 0) is 6.54 Å². The van der Waals surface area contributed by atoms with Crippen LogP contribution < -0.4 is 0 Å². The van der Waals surface area contributed by atoms with Crippen LogP contribution >= 0.6 is 0 Å². The molecule has 5 heteroatoms. The van der Waals surface area contributed by atoms with Crippen molar-refractivity contribution < 1.29 is 10.4 Å². The van der Waals surface area contributed by atoms with Crippen molar-refractivity contribution in [3.8, 4) is 0 Å². The van der Waals surface area contributed by atoms with Crippen LogP contribution in [0.4, 0.5) is 0 Å². The second kappa shape index (κ2) is 7.45. The van der Waals surface area contributed by atoms with E-state index in [1.807, 2.05) is 35.2 Å². The van der Waals surface area contributed by atoms with Gasteiger partial charge in [0.25, 0.3) is 0 Å². The molecule has 0 aliphatic carbocycles. The van der Waals surface area contributed by atoms with Crippen molar-refractivity contribution in [3.05, 3.63) is 35.9 Å². The summed E-state index contributed by atoms with van der Waals surface area (Å²) in [5.74, 6) is 0. The van der Waals surface area contributed by atoms with Crippen molar-refractivity contribution in [2.45, 2.75) is 20.4 Å². The van der Waals surface area contributed by atoms with Crippen LogP contribution in [0.3, 0.4) is 0 Å². The Kier molecular flexibility index (Phi) is 5.87. The van der Waals surface area contributed by atoms with Crippen LogP contribution in [-0.4, -0.2) is 39.8 Å². The van der Waals surface area contributed by atoms with Gasteiger partial charge < -0.3 is 10.4 Å². The molecule has 18 heavy (non-hydrogen) atoms. The van der Waals surface area contributed by atoms with Crippen molar-refractivity contribution in [3.63, 3.8) is 0 Å². The summed E-state index contributed by atoms with van der Waals surface area (Å²) in [4.78, 5) is 2.04. The summed E-state index contributed by atoms with van der Waals surface area (Å²) >= 11 is 0. The molecule has 0 unspecified atom stereocenters. The molecule has 0 aromatic heterocycles. The molecule has 0 atom stereocenters. The minimum atomic E-state index is 0.526. The van der Waals surface area contributed by atoms with E-state index in [0.29, 0.717) is 31.1 Å². The number of hydrogen-bond donors (Lipinski definition) is 2. The molecule has 2 N–H and O–H groups in total. The molecule has 1 aromatic carbocycles. The Labute approximate surface area is 107 Å². The van der Waals surface area contributed by atoms with Gasteiger partial charge in [0.15, 0.2) is 0 Å². The number of rotatable bonds is 6. The monoisotopic (exact) mass is 249 g/mol. The van der Waals surface area contributed by atoms with Gasteiger partial charge in [-0.05, 0) is 19.4 Å². The summed E-state index contributed by atoms with van der Waals surface area (Å²) in [5, 5.41) is 23.8. The average Bonchev–Trinajstić information content (AvgIpc) is 2.39. The lowest BCUT2D eigenvalue weighted by Crippen LogP contribution is -2.32. The van der Waals surface area contributed by atoms with Crippen molar-refractivity contribution in [1.82, 2.24) is 4.90 Å². The Bertz CT molecular complexity index is 396. The quantitative estimate of drug-likeness (QED) is 0.461. The fraction of sp³-hybridized carbons (Fsp3) is 0.385. The molecular weight excluding hydrogens is 230 g/mol. The zero-order valence-electron chi connectivity index (χ0n) is 10.7. The standard InChI is InChI=1S/C13H19N3O2/c1-11(14-17)8-16(9-12(2)15-18)10-13-6-4-3-5-7-13/h3-7,17-18H,8-10H2,1-2H3/b14-11+,15-12+. The van der Waals surface area contributed by atoms with E-state index in [4.69, 9.17) is 10.4 Å². The fourth-order valence-corrected chi connectivity index (χ4v) is 1.72. The van der Waals surface area contributed by atoms with E-state index in [9.17, 15) is 0 Å². The predicted octanol–water partition coefficient (Wildman–Crippen LogP) is 2.19. The van der Waals surface area contributed by atoms with Gasteiger partial charge in [0.1, 0.15) is 0 Å². The summed E-state index contributed by atoms with van der Waals surface area (Å²) in [6.45, 7) is 5.27. The van der Waals surface area contributed by atoms with Crippen molar-refractivity contribution in [1.29, 1.82) is 0 Å². The summed E-state index contributed by atoms with van der Waals surface area (Å²) in [6, 6.07) is 9.99. The van der Waals surface area contributed by atoms with E-state index in [1.165, 1.54) is 0 Å². The molecule has 1 aromatic rings. The van der Waals surface area contributed by atoms with Gasteiger partial charge in [0.2, 0.25) is 0 Å². The number of hydrogen-bond acceptors (Lipinski definition) is 5. The summed E-state index contributed by atoms with van der Waals surface area (Å²) < 4.78 is 0. The molecule has 0 heterocycles. The van der Waals surface area contributed by atoms with E-state index in [0.717, 1.165) is 5.56 Å². The minimum Gasteiger partial charge on any atom is -0.411 e. The summed E-state index contributed by atoms with van der Waals surface area (Å²) in [6.07, 6.45) is 0. The topological polar surface area (TPSA) is 68.4 Å². The zero-order chi connectivity index (χ0) is 13.4. The SMILES string of the molecule is C/C(CN(C/C(C)=N/O)Cc1ccccc1)=N\O. The third-order valence-corrected chi connectivity index (χ3v) is 2.50. The molecule has 0 fully saturated rings. The van der Waals surface area contributed by atoms with E-state index in [2.05, 4.69) is 10.3 Å². The molecule has 0 saturated heterocycles. The molecule has 0 bridgehead atoms. The number of oxime groups is 2. The van der Waals surface area contributed by atoms with E-state index in [-0.39, 0.29) is 0 Å². The van der Waals surface area contributed by atoms with Gasteiger partial charge >= 0.3 is 0 Å². The Balaban J connectivity index is 2.71. The summed E-state index contributed by atoms with van der Waals surface area (Å²) in [7, 11) is 0. The second-order valence-corrected chi connectivity index (χ2v) is 4.30. The van der Waals surface area contributed by atoms with Crippen molar-refractivity contribution in [2.75, 3.05) is 13.1 Å². The molecule has 5 nitrogen and oxygen atoms in total. The van der Waals surface area contributed by atoms with Gasteiger partial charge in [0.05, 0.1) is 11.4 Å². The highest BCUT2D eigenvalue weighted by Crippen LogP contribution is 2.05. The van der Waals surface area contributed by atoms with Crippen molar-refractivity contribution >= 4 is 11.4 Å². The zero-order valence-corrected chi connectivity index (χ0v) is 10.7. The van der Waals surface area contributed by atoms with E-state index in [1.54, 1.807) is 13.8 Å². The fourth-order valence-electron chi connectivity index (χ4n) is 1.72. The maximum absolute atomic E-state index is 8.72. The Morgan fingerprint density at radius 2 is 1.50 bits per heavy atom. The molecule has 0 aliphatic heterocycles. The smallest absolute Gasteiger partial charge is 0.0680 e. The lowest BCUT2D eigenvalue weighted by atomic mass is 10.2. The first-order valence-electron chi connectivity index (χ1n) is 5.77. The molecule has 98 valence electrons. The molecule has 0 amide bonds. The van der Waals surface area contributed by atoms with Gasteiger partial charge in [-0.3, -0.25) is 4.90 Å². The highest BCUT2D eigenvalue weighted by molar-refractivity contribution is 5.86. The Morgan fingerprint density at radius 1 is 1.00 bits per heavy atom. The van der Waals surface area contributed by atoms with Gasteiger partial charge in [-0.2, -0.15) is 0 Å². The predicted molar refractivity (Wildman–Crippen MR) is 71.5 cm³/mol. The molecular formula is C13H19N3O2. The van der Waals surface area contributed by atoms with Gasteiger partial charge in [-0.15, -0.1) is 0 Å². The molecule has 0 spiro atoms. The molecule has 0 aliphatic rings. The number of benzene rings is 1. The van der Waals surface area contributed by atoms with E-state index >= 15 is 0 Å². The first-order valence-corrected chi connectivity index (χ1v) is 5.77. The number of nitrogens with zero attached hydrogens (tertiary/aromatic N) is 3. The van der Waals surface area contributed by atoms with Gasteiger partial charge in [-0.25, -0.2) is 0 Å². The van der Waals surface area contributed by atoms with Crippen LogP contribution in [0.1, 0.15) is 19.4 Å². The van der Waals surface area contributed by atoms with E-state index < -0.39 is 0 Å². The first kappa shape index (κ1) is 14.2. The highest BCUT2D eigenvalue weighted by atomic mass is 16.4. The van der Waals surface area contributed by atoms with Crippen molar-refractivity contribution in [2.24, 2.45) is 10.3 Å². The molecule has 0 radical (unpaired) electrons. The highest BCUT2D eigenvalue weighted by Gasteiger charge is 2.09. The van der Waals surface area contributed by atoms with Crippen LogP contribution in [0.2, 0.25) is 0 Å². The third-order valence-electron chi connectivity index (χ3n) is 2.50. The van der Waals surface area contributed by atoms with Gasteiger partial charge in [0, 0.05) is 19.6 Å². The average molecular weight is 249 g/mol. The Morgan fingerprint density at radius 3 is 1.94 bits per heavy atom. The third kappa shape index (κ3) is 4.97.